The Morgan fingerprint density at radius 3 is 2.27 bits per heavy atom. The van der Waals surface area contributed by atoms with Crippen LogP contribution in [0.3, 0.4) is 0 Å². The number of fused-ring (bicyclic) bond motifs is 1. The molecule has 3 heteroatoms. The van der Waals surface area contributed by atoms with Crippen molar-refractivity contribution in [2.75, 3.05) is 6.54 Å². The van der Waals surface area contributed by atoms with Gasteiger partial charge in [-0.25, -0.2) is 4.79 Å². The van der Waals surface area contributed by atoms with Gasteiger partial charge in [-0.1, -0.05) is 13.8 Å². The summed E-state index contributed by atoms with van der Waals surface area (Å²) in [6.07, 6.45) is 2.24. The molecule has 0 bridgehead atoms. The zero-order valence-corrected chi connectivity index (χ0v) is 10.5. The largest absolute Gasteiger partial charge is 0.444 e. The van der Waals surface area contributed by atoms with E-state index in [4.69, 9.17) is 4.74 Å². The third-order valence-electron chi connectivity index (χ3n) is 2.65. The highest BCUT2D eigenvalue weighted by Gasteiger charge is 2.49. The van der Waals surface area contributed by atoms with Gasteiger partial charge in [0.2, 0.25) is 0 Å². The van der Waals surface area contributed by atoms with Crippen LogP contribution in [-0.4, -0.2) is 29.2 Å². The van der Waals surface area contributed by atoms with E-state index in [0.717, 1.165) is 12.5 Å². The van der Waals surface area contributed by atoms with Crippen LogP contribution in [0.25, 0.3) is 0 Å². The van der Waals surface area contributed by atoms with E-state index >= 15 is 0 Å². The van der Waals surface area contributed by atoms with Crippen molar-refractivity contribution in [2.45, 2.75) is 59.1 Å². The highest BCUT2D eigenvalue weighted by Crippen LogP contribution is 2.44. The summed E-state index contributed by atoms with van der Waals surface area (Å²) in [7, 11) is 0. The van der Waals surface area contributed by atoms with E-state index in [9.17, 15) is 4.79 Å². The molecule has 0 aromatic carbocycles. The van der Waals surface area contributed by atoms with Crippen LogP contribution in [-0.2, 0) is 4.74 Å². The lowest BCUT2D eigenvalue weighted by Gasteiger charge is -2.25. The highest BCUT2D eigenvalue weighted by atomic mass is 16.6. The maximum atomic E-state index is 11.6. The van der Waals surface area contributed by atoms with Crippen LogP contribution in [0, 0.1) is 5.92 Å². The van der Waals surface area contributed by atoms with Crippen molar-refractivity contribution in [1.29, 1.82) is 0 Å². The van der Waals surface area contributed by atoms with Gasteiger partial charge in [-0.3, -0.25) is 0 Å². The average Bonchev–Trinajstić information content (AvgIpc) is 2.78. The van der Waals surface area contributed by atoms with Crippen molar-refractivity contribution in [2.24, 2.45) is 5.92 Å². The number of piperidine rings is 1. The van der Waals surface area contributed by atoms with Gasteiger partial charge in [0.15, 0.2) is 0 Å². The minimum atomic E-state index is -0.357. The lowest BCUT2D eigenvalue weighted by molar-refractivity contribution is 0.0264. The summed E-state index contributed by atoms with van der Waals surface area (Å²) in [5, 5.41) is 0. The third kappa shape index (κ3) is 3.11. The summed E-state index contributed by atoms with van der Waals surface area (Å²) in [5.74, 6) is 0.785. The number of hydrogen-bond donors (Lipinski definition) is 0. The number of carbonyl (C=O) groups is 1. The second kappa shape index (κ2) is 4.42. The van der Waals surface area contributed by atoms with Crippen LogP contribution >= 0.6 is 0 Å². The first kappa shape index (κ1) is 12.3. The van der Waals surface area contributed by atoms with E-state index in [-0.39, 0.29) is 11.7 Å². The molecule has 1 saturated carbocycles. The molecule has 0 N–H and O–H groups in total. The van der Waals surface area contributed by atoms with Crippen molar-refractivity contribution in [3.8, 4) is 0 Å². The molecule has 0 spiro atoms. The smallest absolute Gasteiger partial charge is 0.410 e. The Bertz CT molecular complexity index is 232. The van der Waals surface area contributed by atoms with Crippen LogP contribution < -0.4 is 0 Å². The zero-order valence-electron chi connectivity index (χ0n) is 10.5. The second-order valence-electron chi connectivity index (χ2n) is 5.03. The molecule has 88 valence electrons. The summed E-state index contributed by atoms with van der Waals surface area (Å²) >= 11 is 0. The highest BCUT2D eigenvalue weighted by molar-refractivity contribution is 5.69. The second-order valence-corrected chi connectivity index (χ2v) is 5.03. The first-order valence-corrected chi connectivity index (χ1v) is 5.97. The SMILES string of the molecule is CC.CC(C)(C)OC(=O)N1CCC2CC21. The summed E-state index contributed by atoms with van der Waals surface area (Å²) in [4.78, 5) is 13.5. The molecule has 15 heavy (non-hydrogen) atoms. The molecule has 3 nitrogen and oxygen atoms in total. The Balaban J connectivity index is 0.000000531. The van der Waals surface area contributed by atoms with Crippen LogP contribution in [0.15, 0.2) is 0 Å². The van der Waals surface area contributed by atoms with Crippen molar-refractivity contribution in [1.82, 2.24) is 4.90 Å². The van der Waals surface area contributed by atoms with E-state index in [1.54, 1.807) is 0 Å². The fraction of sp³-hybridized carbons (Fsp3) is 0.917. The van der Waals surface area contributed by atoms with Gasteiger partial charge < -0.3 is 9.64 Å². The molecule has 0 aromatic rings. The summed E-state index contributed by atoms with van der Waals surface area (Å²) < 4.78 is 5.31. The molecule has 1 saturated heterocycles. The Morgan fingerprint density at radius 1 is 1.33 bits per heavy atom. The molecule has 0 aromatic heterocycles. The van der Waals surface area contributed by atoms with Gasteiger partial charge in [0.25, 0.3) is 0 Å². The lowest BCUT2D eigenvalue weighted by Crippen LogP contribution is -2.36. The lowest BCUT2D eigenvalue weighted by atomic mass is 10.2. The van der Waals surface area contributed by atoms with E-state index in [0.29, 0.717) is 6.04 Å². The van der Waals surface area contributed by atoms with E-state index in [2.05, 4.69) is 0 Å². The number of amides is 1. The van der Waals surface area contributed by atoms with Crippen LogP contribution in [0.1, 0.15) is 47.5 Å². The van der Waals surface area contributed by atoms with E-state index in [1.165, 1.54) is 12.8 Å². The first-order valence-electron chi connectivity index (χ1n) is 5.97. The first-order chi connectivity index (χ1) is 6.97. The topological polar surface area (TPSA) is 29.5 Å². The molecule has 1 heterocycles. The van der Waals surface area contributed by atoms with Crippen LogP contribution in [0.2, 0.25) is 0 Å². The van der Waals surface area contributed by atoms with Gasteiger partial charge in [0.1, 0.15) is 5.60 Å². The normalized spacial score (nSPS) is 27.7. The van der Waals surface area contributed by atoms with Gasteiger partial charge >= 0.3 is 6.09 Å². The molecule has 2 fully saturated rings. The summed E-state index contributed by atoms with van der Waals surface area (Å²) in [5.41, 5.74) is -0.357. The molecular weight excluding hydrogens is 190 g/mol. The quantitative estimate of drug-likeness (QED) is 0.619. The minimum Gasteiger partial charge on any atom is -0.444 e. The Hall–Kier alpha value is -0.730. The van der Waals surface area contributed by atoms with Crippen molar-refractivity contribution < 1.29 is 9.53 Å². The van der Waals surface area contributed by atoms with Crippen molar-refractivity contribution in [3.05, 3.63) is 0 Å². The van der Waals surface area contributed by atoms with Gasteiger partial charge in [-0.15, -0.1) is 0 Å². The Kier molecular flexibility index (Phi) is 3.63. The summed E-state index contributed by atoms with van der Waals surface area (Å²) in [6, 6.07) is 0.509. The standard InChI is InChI=1S/C10H17NO2.C2H6/c1-10(2,3)13-9(12)11-5-4-7-6-8(7)11;1-2/h7-8H,4-6H2,1-3H3;1-2H3. The molecule has 1 aliphatic carbocycles. The van der Waals surface area contributed by atoms with Crippen molar-refractivity contribution >= 4 is 6.09 Å². The average molecular weight is 213 g/mol. The Morgan fingerprint density at radius 2 is 1.93 bits per heavy atom. The molecule has 2 rings (SSSR count). The predicted molar refractivity (Wildman–Crippen MR) is 60.8 cm³/mol. The molecule has 0 radical (unpaired) electrons. The number of carbonyl (C=O) groups excluding carboxylic acids is 1. The fourth-order valence-corrected chi connectivity index (χ4v) is 1.94. The molecule has 2 atom stereocenters. The molecule has 1 aliphatic heterocycles. The van der Waals surface area contributed by atoms with E-state index in [1.807, 2.05) is 39.5 Å². The number of hydrogen-bond acceptors (Lipinski definition) is 2. The van der Waals surface area contributed by atoms with E-state index < -0.39 is 0 Å². The van der Waals surface area contributed by atoms with Crippen LogP contribution in [0.4, 0.5) is 4.79 Å². The predicted octanol–water partition coefficient (Wildman–Crippen LogP) is 3.04. The molecular formula is C12H23NO2. The third-order valence-corrected chi connectivity index (χ3v) is 2.65. The number of rotatable bonds is 0. The maximum Gasteiger partial charge on any atom is 0.410 e. The monoisotopic (exact) mass is 213 g/mol. The molecule has 1 amide bonds. The van der Waals surface area contributed by atoms with Crippen molar-refractivity contribution in [3.63, 3.8) is 0 Å². The Labute approximate surface area is 92.8 Å². The zero-order chi connectivity index (χ0) is 11.6. The van der Waals surface area contributed by atoms with Crippen LogP contribution in [0.5, 0.6) is 0 Å². The molecule has 2 aliphatic rings. The minimum absolute atomic E-state index is 0.127. The maximum absolute atomic E-state index is 11.6. The number of likely N-dealkylation sites (tertiary alicyclic amines) is 1. The van der Waals surface area contributed by atoms with Gasteiger partial charge in [-0.05, 0) is 39.5 Å². The van der Waals surface area contributed by atoms with Gasteiger partial charge in [-0.2, -0.15) is 0 Å². The number of ether oxygens (including phenoxy) is 1. The number of nitrogens with zero attached hydrogens (tertiary/aromatic N) is 1. The fourth-order valence-electron chi connectivity index (χ4n) is 1.94. The molecule has 2 unspecified atom stereocenters. The van der Waals surface area contributed by atoms with Gasteiger partial charge in [0.05, 0.1) is 0 Å². The summed E-state index contributed by atoms with van der Waals surface area (Å²) in [6.45, 7) is 10.6. The van der Waals surface area contributed by atoms with Gasteiger partial charge in [0, 0.05) is 12.6 Å².